The third-order valence-corrected chi connectivity index (χ3v) is 1.45. The molecule has 1 amide bonds. The highest BCUT2D eigenvalue weighted by Crippen LogP contribution is 1.97. The number of hydrogen-bond donors (Lipinski definition) is 1. The van der Waals surface area contributed by atoms with Crippen LogP contribution in [-0.4, -0.2) is 43.5 Å². The van der Waals surface area contributed by atoms with Gasteiger partial charge < -0.3 is 10.5 Å². The van der Waals surface area contributed by atoms with Crippen molar-refractivity contribution in [1.29, 1.82) is 0 Å². The van der Waals surface area contributed by atoms with E-state index in [1.807, 2.05) is 0 Å². The molecule has 0 heterocycles. The molecular formula is C9H16N2O3. The van der Waals surface area contributed by atoms with E-state index in [-0.39, 0.29) is 13.1 Å². The molecule has 2 N–H and O–H groups in total. The minimum Gasteiger partial charge on any atom is -0.463 e. The van der Waals surface area contributed by atoms with Gasteiger partial charge in [0.15, 0.2) is 0 Å². The highest BCUT2D eigenvalue weighted by Gasteiger charge is 2.11. The topological polar surface area (TPSA) is 72.6 Å². The summed E-state index contributed by atoms with van der Waals surface area (Å²) in [5, 5.41) is 0. The molecule has 5 nitrogen and oxygen atoms in total. The first-order valence-corrected chi connectivity index (χ1v) is 4.29. The van der Waals surface area contributed by atoms with Crippen LogP contribution >= 0.6 is 0 Å². The number of primary amides is 1. The number of rotatable bonds is 6. The largest absolute Gasteiger partial charge is 0.463 e. The summed E-state index contributed by atoms with van der Waals surface area (Å²) in [7, 11) is 1.68. The molecule has 0 aliphatic rings. The average Bonchev–Trinajstić information content (AvgIpc) is 2.02. The zero-order valence-corrected chi connectivity index (χ0v) is 8.58. The number of nitrogens with zero attached hydrogens (tertiary/aromatic N) is 1. The number of likely N-dealkylation sites (N-methyl/N-ethyl adjacent to an activating group) is 1. The van der Waals surface area contributed by atoms with Crippen molar-refractivity contribution in [2.45, 2.75) is 6.92 Å². The molecule has 0 aliphatic heterocycles. The lowest BCUT2D eigenvalue weighted by Gasteiger charge is -2.14. The molecule has 80 valence electrons. The van der Waals surface area contributed by atoms with Crippen molar-refractivity contribution < 1.29 is 14.3 Å². The van der Waals surface area contributed by atoms with E-state index < -0.39 is 11.9 Å². The van der Waals surface area contributed by atoms with Gasteiger partial charge in [-0.2, -0.15) is 0 Å². The summed E-state index contributed by atoms with van der Waals surface area (Å²) < 4.78 is 4.73. The van der Waals surface area contributed by atoms with E-state index in [1.54, 1.807) is 18.9 Å². The molecule has 0 unspecified atom stereocenters. The fraction of sp³-hybridized carbons (Fsp3) is 0.556. The Morgan fingerprint density at radius 2 is 2.00 bits per heavy atom. The SMILES string of the molecule is C=C(CN(C)CC(N)=O)C(=O)OCC. The first-order chi connectivity index (χ1) is 6.47. The molecule has 0 aliphatic carbocycles. The van der Waals surface area contributed by atoms with Gasteiger partial charge in [-0.3, -0.25) is 9.69 Å². The van der Waals surface area contributed by atoms with Crippen molar-refractivity contribution >= 4 is 11.9 Å². The third-order valence-electron chi connectivity index (χ3n) is 1.45. The maximum Gasteiger partial charge on any atom is 0.334 e. The van der Waals surface area contributed by atoms with Crippen molar-refractivity contribution in [1.82, 2.24) is 4.90 Å². The summed E-state index contributed by atoms with van der Waals surface area (Å²) in [6.07, 6.45) is 0. The van der Waals surface area contributed by atoms with Crippen molar-refractivity contribution in [3.63, 3.8) is 0 Å². The molecule has 0 aromatic heterocycles. The van der Waals surface area contributed by atoms with Crippen molar-refractivity contribution in [3.8, 4) is 0 Å². The van der Waals surface area contributed by atoms with Gasteiger partial charge in [0.05, 0.1) is 13.2 Å². The van der Waals surface area contributed by atoms with E-state index in [9.17, 15) is 9.59 Å². The second kappa shape index (κ2) is 6.15. The zero-order chi connectivity index (χ0) is 11.1. The van der Waals surface area contributed by atoms with Gasteiger partial charge >= 0.3 is 5.97 Å². The van der Waals surface area contributed by atoms with Gasteiger partial charge in [0.25, 0.3) is 0 Å². The van der Waals surface area contributed by atoms with E-state index >= 15 is 0 Å². The smallest absolute Gasteiger partial charge is 0.334 e. The van der Waals surface area contributed by atoms with Crippen molar-refractivity contribution in [3.05, 3.63) is 12.2 Å². The predicted octanol–water partition coefficient (Wildman–Crippen LogP) is -0.477. The molecule has 0 atom stereocenters. The van der Waals surface area contributed by atoms with E-state index in [1.165, 1.54) is 0 Å². The minimum atomic E-state index is -0.441. The Hall–Kier alpha value is -1.36. The van der Waals surface area contributed by atoms with Crippen LogP contribution in [0.4, 0.5) is 0 Å². The predicted molar refractivity (Wildman–Crippen MR) is 52.5 cm³/mol. The number of nitrogens with two attached hydrogens (primary N) is 1. The molecule has 0 fully saturated rings. The highest BCUT2D eigenvalue weighted by molar-refractivity contribution is 5.88. The number of hydrogen-bond acceptors (Lipinski definition) is 4. The van der Waals surface area contributed by atoms with E-state index in [4.69, 9.17) is 10.5 Å². The summed E-state index contributed by atoms with van der Waals surface area (Å²) in [6.45, 7) is 5.96. The monoisotopic (exact) mass is 200 g/mol. The molecule has 0 aromatic rings. The summed E-state index contributed by atoms with van der Waals surface area (Å²) in [5.74, 6) is -0.882. The molecule has 14 heavy (non-hydrogen) atoms. The normalized spacial score (nSPS) is 9.93. The lowest BCUT2D eigenvalue weighted by Crippen LogP contribution is -2.33. The number of amides is 1. The number of ether oxygens (including phenoxy) is 1. The van der Waals surface area contributed by atoms with E-state index in [0.29, 0.717) is 12.2 Å². The summed E-state index contributed by atoms with van der Waals surface area (Å²) in [4.78, 5) is 23.2. The lowest BCUT2D eigenvalue weighted by molar-refractivity contribution is -0.138. The fourth-order valence-electron chi connectivity index (χ4n) is 0.945. The first-order valence-electron chi connectivity index (χ1n) is 4.29. The quantitative estimate of drug-likeness (QED) is 0.464. The molecular weight excluding hydrogens is 184 g/mol. The van der Waals surface area contributed by atoms with Crippen LogP contribution in [0.3, 0.4) is 0 Å². The van der Waals surface area contributed by atoms with Gasteiger partial charge in [-0.25, -0.2) is 4.79 Å². The van der Waals surface area contributed by atoms with Crippen molar-refractivity contribution in [2.75, 3.05) is 26.7 Å². The second-order valence-corrected chi connectivity index (χ2v) is 2.96. The Morgan fingerprint density at radius 3 is 2.43 bits per heavy atom. The van der Waals surface area contributed by atoms with Crippen LogP contribution in [0.15, 0.2) is 12.2 Å². The van der Waals surface area contributed by atoms with E-state index in [2.05, 4.69) is 6.58 Å². The van der Waals surface area contributed by atoms with Crippen LogP contribution < -0.4 is 5.73 Å². The fourth-order valence-corrected chi connectivity index (χ4v) is 0.945. The summed E-state index contributed by atoms with van der Waals surface area (Å²) in [5.41, 5.74) is 5.29. The Morgan fingerprint density at radius 1 is 1.43 bits per heavy atom. The molecule has 0 saturated heterocycles. The Kier molecular flexibility index (Phi) is 5.55. The van der Waals surface area contributed by atoms with Crippen LogP contribution in [0, 0.1) is 0 Å². The zero-order valence-electron chi connectivity index (χ0n) is 8.58. The van der Waals surface area contributed by atoms with Crippen LogP contribution in [0.2, 0.25) is 0 Å². The van der Waals surface area contributed by atoms with Crippen LogP contribution in [0.5, 0.6) is 0 Å². The summed E-state index contributed by atoms with van der Waals surface area (Å²) in [6, 6.07) is 0. The maximum absolute atomic E-state index is 11.1. The molecule has 0 saturated carbocycles. The molecule has 0 bridgehead atoms. The average molecular weight is 200 g/mol. The second-order valence-electron chi connectivity index (χ2n) is 2.96. The van der Waals surface area contributed by atoms with Gasteiger partial charge in [-0.1, -0.05) is 6.58 Å². The summed E-state index contributed by atoms with van der Waals surface area (Å²) >= 11 is 0. The van der Waals surface area contributed by atoms with Crippen molar-refractivity contribution in [2.24, 2.45) is 5.73 Å². The Balaban J connectivity index is 3.93. The van der Waals surface area contributed by atoms with Crippen LogP contribution in [0.25, 0.3) is 0 Å². The van der Waals surface area contributed by atoms with Gasteiger partial charge in [-0.15, -0.1) is 0 Å². The van der Waals surface area contributed by atoms with Gasteiger partial charge in [0, 0.05) is 12.1 Å². The number of esters is 1. The lowest BCUT2D eigenvalue weighted by atomic mass is 10.3. The minimum absolute atomic E-state index is 0.0957. The Bertz CT molecular complexity index is 238. The first kappa shape index (κ1) is 12.6. The van der Waals surface area contributed by atoms with E-state index in [0.717, 1.165) is 0 Å². The molecule has 0 aromatic carbocycles. The van der Waals surface area contributed by atoms with Gasteiger partial charge in [0.2, 0.25) is 5.91 Å². The van der Waals surface area contributed by atoms with Crippen LogP contribution in [0.1, 0.15) is 6.92 Å². The standard InChI is InChI=1S/C9H16N2O3/c1-4-14-9(13)7(2)5-11(3)6-8(10)12/h2,4-6H2,1,3H3,(H2,10,12). The molecule has 0 rings (SSSR count). The highest BCUT2D eigenvalue weighted by atomic mass is 16.5. The molecule has 0 spiro atoms. The maximum atomic E-state index is 11.1. The van der Waals surface area contributed by atoms with Crippen LogP contribution in [-0.2, 0) is 14.3 Å². The molecule has 5 heteroatoms. The van der Waals surface area contributed by atoms with Gasteiger partial charge in [-0.05, 0) is 14.0 Å². The Labute approximate surface area is 83.5 Å². The van der Waals surface area contributed by atoms with Gasteiger partial charge in [0.1, 0.15) is 0 Å². The third kappa shape index (κ3) is 5.31. The molecule has 0 radical (unpaired) electrons. The number of carbonyl (C=O) groups excluding carboxylic acids is 2. The number of carbonyl (C=O) groups is 2.